The van der Waals surface area contributed by atoms with Crippen LogP contribution in [0.5, 0.6) is 0 Å². The third-order valence-corrected chi connectivity index (χ3v) is 5.88. The minimum absolute atomic E-state index is 0.357. The summed E-state index contributed by atoms with van der Waals surface area (Å²) >= 11 is 1.44. The predicted octanol–water partition coefficient (Wildman–Crippen LogP) is 4.57. The average Bonchev–Trinajstić information content (AvgIpc) is 3.29. The molecule has 1 amide bonds. The van der Waals surface area contributed by atoms with E-state index >= 15 is 0 Å². The second kappa shape index (κ2) is 8.10. The van der Waals surface area contributed by atoms with E-state index in [1.54, 1.807) is 6.92 Å². The average molecular weight is 385 g/mol. The Hall–Kier alpha value is -2.38. The van der Waals surface area contributed by atoms with Gasteiger partial charge in [0.15, 0.2) is 5.13 Å². The number of nitrogens with one attached hydrogen (secondary N) is 2. The summed E-state index contributed by atoms with van der Waals surface area (Å²) in [5.74, 6) is 0.605. The molecule has 7 heteroatoms. The van der Waals surface area contributed by atoms with Gasteiger partial charge in [0.2, 0.25) is 0 Å². The Morgan fingerprint density at radius 1 is 1.37 bits per heavy atom. The van der Waals surface area contributed by atoms with Crippen LogP contribution in [0.2, 0.25) is 0 Å². The standard InChI is InChI=1S/C20H24N4O2S/c1-2-26-20(25)23-19-22-15(13-27-19)12-24-9-7-14(8-10-24)17-11-21-18-6-4-3-5-16(17)18/h3-6,11,13-14,21H,2,7-10,12H2,1H3,(H,22,23,25). The van der Waals surface area contributed by atoms with E-state index < -0.39 is 6.09 Å². The Bertz CT molecular complexity index is 911. The first-order valence-corrected chi connectivity index (χ1v) is 10.3. The number of nitrogens with zero attached hydrogens (tertiary/aromatic N) is 2. The molecule has 1 aliphatic heterocycles. The summed E-state index contributed by atoms with van der Waals surface area (Å²) in [6.45, 7) is 5.08. The number of carbonyl (C=O) groups is 1. The van der Waals surface area contributed by atoms with Crippen LogP contribution in [0.25, 0.3) is 10.9 Å². The number of fused-ring (bicyclic) bond motifs is 1. The van der Waals surface area contributed by atoms with E-state index in [4.69, 9.17) is 4.74 Å². The van der Waals surface area contributed by atoms with E-state index in [1.807, 2.05) is 5.38 Å². The molecule has 0 saturated carbocycles. The number of aromatic nitrogens is 2. The number of hydrogen-bond donors (Lipinski definition) is 2. The molecule has 4 rings (SSSR count). The lowest BCUT2D eigenvalue weighted by molar-refractivity contribution is 0.168. The van der Waals surface area contributed by atoms with E-state index in [0.717, 1.165) is 38.2 Å². The van der Waals surface area contributed by atoms with Crippen molar-refractivity contribution in [3.05, 3.63) is 47.1 Å². The van der Waals surface area contributed by atoms with Gasteiger partial charge >= 0.3 is 6.09 Å². The zero-order valence-corrected chi connectivity index (χ0v) is 16.2. The van der Waals surface area contributed by atoms with Crippen LogP contribution < -0.4 is 5.32 Å². The summed E-state index contributed by atoms with van der Waals surface area (Å²) in [6, 6.07) is 8.53. The fourth-order valence-electron chi connectivity index (χ4n) is 3.75. The van der Waals surface area contributed by atoms with Gasteiger partial charge in [-0.05, 0) is 50.4 Å². The molecule has 3 aromatic rings. The van der Waals surface area contributed by atoms with Crippen LogP contribution in [-0.4, -0.2) is 40.7 Å². The molecule has 0 unspecified atom stereocenters. The summed E-state index contributed by atoms with van der Waals surface area (Å²) in [5.41, 5.74) is 3.66. The van der Waals surface area contributed by atoms with Crippen molar-refractivity contribution in [2.24, 2.45) is 0 Å². The molecule has 27 heavy (non-hydrogen) atoms. The number of rotatable bonds is 5. The summed E-state index contributed by atoms with van der Waals surface area (Å²) in [4.78, 5) is 21.8. The zero-order valence-electron chi connectivity index (χ0n) is 15.4. The highest BCUT2D eigenvalue weighted by molar-refractivity contribution is 7.13. The van der Waals surface area contributed by atoms with Crippen molar-refractivity contribution in [3.8, 4) is 0 Å². The van der Waals surface area contributed by atoms with Crippen LogP contribution in [0.15, 0.2) is 35.8 Å². The molecule has 0 radical (unpaired) electrons. The van der Waals surface area contributed by atoms with Crippen LogP contribution in [0.4, 0.5) is 9.93 Å². The number of piperidine rings is 1. The third-order valence-electron chi connectivity index (χ3n) is 5.07. The molecule has 2 aromatic heterocycles. The normalized spacial score (nSPS) is 15.9. The zero-order chi connectivity index (χ0) is 18.6. The van der Waals surface area contributed by atoms with Crippen molar-refractivity contribution in [2.45, 2.75) is 32.2 Å². The summed E-state index contributed by atoms with van der Waals surface area (Å²) < 4.78 is 4.89. The molecule has 142 valence electrons. The summed E-state index contributed by atoms with van der Waals surface area (Å²) in [5, 5.41) is 6.62. The van der Waals surface area contributed by atoms with Gasteiger partial charge in [-0.3, -0.25) is 10.2 Å². The van der Waals surface area contributed by atoms with Gasteiger partial charge in [0.25, 0.3) is 0 Å². The maximum absolute atomic E-state index is 11.5. The number of ether oxygens (including phenoxy) is 1. The number of benzene rings is 1. The Morgan fingerprint density at radius 2 is 2.19 bits per heavy atom. The fourth-order valence-corrected chi connectivity index (χ4v) is 4.44. The predicted molar refractivity (Wildman–Crippen MR) is 108 cm³/mol. The Labute approximate surface area is 162 Å². The highest BCUT2D eigenvalue weighted by Crippen LogP contribution is 2.33. The molecule has 0 bridgehead atoms. The van der Waals surface area contributed by atoms with Gasteiger partial charge in [0, 0.05) is 29.0 Å². The monoisotopic (exact) mass is 384 g/mol. The Balaban J connectivity index is 1.32. The second-order valence-electron chi connectivity index (χ2n) is 6.83. The van der Waals surface area contributed by atoms with E-state index in [-0.39, 0.29) is 0 Å². The van der Waals surface area contributed by atoms with Crippen molar-refractivity contribution in [3.63, 3.8) is 0 Å². The van der Waals surface area contributed by atoms with Crippen LogP contribution in [0.3, 0.4) is 0 Å². The van der Waals surface area contributed by atoms with Crippen LogP contribution >= 0.6 is 11.3 Å². The van der Waals surface area contributed by atoms with E-state index in [2.05, 4.69) is 50.6 Å². The van der Waals surface area contributed by atoms with Crippen LogP contribution in [0.1, 0.15) is 36.9 Å². The molecule has 1 saturated heterocycles. The van der Waals surface area contributed by atoms with Gasteiger partial charge in [0.05, 0.1) is 12.3 Å². The maximum Gasteiger partial charge on any atom is 0.413 e. The van der Waals surface area contributed by atoms with Crippen LogP contribution in [0, 0.1) is 0 Å². The number of aromatic amines is 1. The first kappa shape index (κ1) is 18.0. The molecule has 1 fully saturated rings. The molecule has 2 N–H and O–H groups in total. The number of anilines is 1. The lowest BCUT2D eigenvalue weighted by atomic mass is 9.89. The van der Waals surface area contributed by atoms with Crippen molar-refractivity contribution in [1.82, 2.24) is 14.9 Å². The van der Waals surface area contributed by atoms with Gasteiger partial charge in [-0.25, -0.2) is 9.78 Å². The number of amides is 1. The van der Waals surface area contributed by atoms with Crippen molar-refractivity contribution >= 4 is 33.5 Å². The number of H-pyrrole nitrogens is 1. The SMILES string of the molecule is CCOC(=O)Nc1nc(CN2CCC(c3c[nH]c4ccccc34)CC2)cs1. The van der Waals surface area contributed by atoms with Gasteiger partial charge in [-0.1, -0.05) is 18.2 Å². The number of carbonyl (C=O) groups excluding carboxylic acids is 1. The maximum atomic E-state index is 11.5. The first-order chi connectivity index (χ1) is 13.2. The number of thiazole rings is 1. The lowest BCUT2D eigenvalue weighted by Gasteiger charge is -2.31. The Kier molecular flexibility index (Phi) is 5.40. The molecule has 0 atom stereocenters. The topological polar surface area (TPSA) is 70.2 Å². The fraction of sp³-hybridized carbons (Fsp3) is 0.400. The second-order valence-corrected chi connectivity index (χ2v) is 7.69. The minimum atomic E-state index is -0.446. The third kappa shape index (κ3) is 4.14. The van der Waals surface area contributed by atoms with Crippen molar-refractivity contribution in [1.29, 1.82) is 0 Å². The molecule has 0 aliphatic carbocycles. The highest BCUT2D eigenvalue weighted by atomic mass is 32.1. The molecule has 6 nitrogen and oxygen atoms in total. The van der Waals surface area contributed by atoms with Gasteiger partial charge in [0.1, 0.15) is 0 Å². The Morgan fingerprint density at radius 3 is 3.00 bits per heavy atom. The first-order valence-electron chi connectivity index (χ1n) is 9.39. The minimum Gasteiger partial charge on any atom is -0.450 e. The smallest absolute Gasteiger partial charge is 0.413 e. The van der Waals surface area contributed by atoms with Crippen LogP contribution in [-0.2, 0) is 11.3 Å². The molecular formula is C20H24N4O2S. The van der Waals surface area contributed by atoms with Crippen molar-refractivity contribution < 1.29 is 9.53 Å². The summed E-state index contributed by atoms with van der Waals surface area (Å²) in [7, 11) is 0. The van der Waals surface area contributed by atoms with E-state index in [9.17, 15) is 4.79 Å². The van der Waals surface area contributed by atoms with Gasteiger partial charge in [-0.2, -0.15) is 0 Å². The number of para-hydroxylation sites is 1. The molecule has 1 aliphatic rings. The molecule has 0 spiro atoms. The quantitative estimate of drug-likeness (QED) is 0.676. The summed E-state index contributed by atoms with van der Waals surface area (Å²) in [6.07, 6.45) is 4.04. The largest absolute Gasteiger partial charge is 0.450 e. The molecular weight excluding hydrogens is 360 g/mol. The molecule has 1 aromatic carbocycles. The highest BCUT2D eigenvalue weighted by Gasteiger charge is 2.23. The van der Waals surface area contributed by atoms with E-state index in [1.165, 1.54) is 27.8 Å². The van der Waals surface area contributed by atoms with Gasteiger partial charge < -0.3 is 9.72 Å². The number of hydrogen-bond acceptors (Lipinski definition) is 5. The van der Waals surface area contributed by atoms with Crippen molar-refractivity contribution in [2.75, 3.05) is 25.0 Å². The lowest BCUT2D eigenvalue weighted by Crippen LogP contribution is -2.32. The van der Waals surface area contributed by atoms with E-state index in [0.29, 0.717) is 17.7 Å². The number of likely N-dealkylation sites (tertiary alicyclic amines) is 1. The van der Waals surface area contributed by atoms with Gasteiger partial charge in [-0.15, -0.1) is 11.3 Å². The molecule has 3 heterocycles.